The second-order valence-corrected chi connectivity index (χ2v) is 7.42. The van der Waals surface area contributed by atoms with E-state index in [9.17, 15) is 8.42 Å². The van der Waals surface area contributed by atoms with Crippen LogP contribution in [0.1, 0.15) is 41.0 Å². The lowest BCUT2D eigenvalue weighted by Crippen LogP contribution is -2.48. The predicted molar refractivity (Wildman–Crippen MR) is 72.2 cm³/mol. The molecule has 0 saturated heterocycles. The molecule has 104 valence electrons. The lowest BCUT2D eigenvalue weighted by Gasteiger charge is -2.25. The number of rotatable bonds is 7. The van der Waals surface area contributed by atoms with Crippen molar-refractivity contribution in [3.05, 3.63) is 0 Å². The molecular formula is C11H27N3O2S. The molecule has 6 heteroatoms. The summed E-state index contributed by atoms with van der Waals surface area (Å²) in [6.45, 7) is 11.0. The molecule has 0 aromatic carbocycles. The fourth-order valence-corrected chi connectivity index (χ4v) is 2.58. The van der Waals surface area contributed by atoms with Crippen LogP contribution in [0, 0.1) is 0 Å². The SMILES string of the molecule is CC(C)NCCCN(C)S(=O)(=O)NC(C)(C)C. The zero-order chi connectivity index (χ0) is 13.7. The summed E-state index contributed by atoms with van der Waals surface area (Å²) in [5.41, 5.74) is -0.441. The van der Waals surface area contributed by atoms with Crippen LogP contribution in [0.5, 0.6) is 0 Å². The largest absolute Gasteiger partial charge is 0.314 e. The summed E-state index contributed by atoms with van der Waals surface area (Å²) in [6, 6.07) is 0.435. The Balaban J connectivity index is 4.09. The fraction of sp³-hybridized carbons (Fsp3) is 1.00. The van der Waals surface area contributed by atoms with Gasteiger partial charge in [0.05, 0.1) is 0 Å². The molecule has 0 aromatic heterocycles. The van der Waals surface area contributed by atoms with E-state index in [0.29, 0.717) is 12.6 Å². The van der Waals surface area contributed by atoms with Crippen molar-refractivity contribution in [3.63, 3.8) is 0 Å². The lowest BCUT2D eigenvalue weighted by atomic mass is 10.1. The summed E-state index contributed by atoms with van der Waals surface area (Å²) in [6.07, 6.45) is 0.805. The molecule has 0 amide bonds. The van der Waals surface area contributed by atoms with E-state index in [4.69, 9.17) is 0 Å². The van der Waals surface area contributed by atoms with Crippen molar-refractivity contribution in [1.29, 1.82) is 0 Å². The normalized spacial score (nSPS) is 13.6. The Morgan fingerprint density at radius 3 is 2.18 bits per heavy atom. The van der Waals surface area contributed by atoms with E-state index in [1.807, 2.05) is 20.8 Å². The quantitative estimate of drug-likeness (QED) is 0.674. The summed E-state index contributed by atoms with van der Waals surface area (Å²) in [4.78, 5) is 0. The fourth-order valence-electron chi connectivity index (χ4n) is 1.28. The molecule has 0 saturated carbocycles. The summed E-state index contributed by atoms with van der Waals surface area (Å²) in [5.74, 6) is 0. The Bertz CT molecular complexity index is 307. The molecule has 5 nitrogen and oxygen atoms in total. The van der Waals surface area contributed by atoms with Crippen LogP contribution < -0.4 is 10.0 Å². The van der Waals surface area contributed by atoms with Crippen molar-refractivity contribution in [2.24, 2.45) is 0 Å². The van der Waals surface area contributed by atoms with Gasteiger partial charge in [0.15, 0.2) is 0 Å². The highest BCUT2D eigenvalue weighted by molar-refractivity contribution is 7.87. The minimum Gasteiger partial charge on any atom is -0.314 e. The summed E-state index contributed by atoms with van der Waals surface area (Å²) >= 11 is 0. The van der Waals surface area contributed by atoms with Crippen LogP contribution in [0.25, 0.3) is 0 Å². The molecule has 0 radical (unpaired) electrons. The molecule has 17 heavy (non-hydrogen) atoms. The van der Waals surface area contributed by atoms with Gasteiger partial charge < -0.3 is 5.32 Å². The third-order valence-electron chi connectivity index (χ3n) is 2.05. The van der Waals surface area contributed by atoms with Crippen molar-refractivity contribution < 1.29 is 8.42 Å². The number of hydrogen-bond acceptors (Lipinski definition) is 3. The van der Waals surface area contributed by atoms with Crippen LogP contribution in [0.3, 0.4) is 0 Å². The van der Waals surface area contributed by atoms with Crippen LogP contribution in [0.15, 0.2) is 0 Å². The second-order valence-electron chi connectivity index (χ2n) is 5.64. The topological polar surface area (TPSA) is 61.4 Å². The molecule has 2 N–H and O–H groups in total. The van der Waals surface area contributed by atoms with Gasteiger partial charge in [-0.2, -0.15) is 17.4 Å². The highest BCUT2D eigenvalue weighted by Crippen LogP contribution is 2.05. The number of nitrogens with one attached hydrogen (secondary N) is 2. The molecule has 0 bridgehead atoms. The van der Waals surface area contributed by atoms with E-state index in [1.54, 1.807) is 7.05 Å². The van der Waals surface area contributed by atoms with Gasteiger partial charge in [0, 0.05) is 25.2 Å². The zero-order valence-electron chi connectivity index (χ0n) is 11.9. The van der Waals surface area contributed by atoms with Gasteiger partial charge >= 0.3 is 0 Å². The maximum Gasteiger partial charge on any atom is 0.279 e. The molecule has 0 heterocycles. The smallest absolute Gasteiger partial charge is 0.279 e. The molecule has 0 aliphatic heterocycles. The van der Waals surface area contributed by atoms with Crippen LogP contribution in [0.4, 0.5) is 0 Å². The highest BCUT2D eigenvalue weighted by Gasteiger charge is 2.23. The molecule has 0 aromatic rings. The Hall–Kier alpha value is -0.170. The van der Waals surface area contributed by atoms with Gasteiger partial charge in [-0.3, -0.25) is 0 Å². The Morgan fingerprint density at radius 2 is 1.76 bits per heavy atom. The minimum atomic E-state index is -3.36. The summed E-state index contributed by atoms with van der Waals surface area (Å²) in [5, 5.41) is 3.26. The molecule has 0 fully saturated rings. The van der Waals surface area contributed by atoms with Gasteiger partial charge in [-0.1, -0.05) is 13.8 Å². The van der Waals surface area contributed by atoms with Gasteiger partial charge in [0.2, 0.25) is 0 Å². The Labute approximate surface area is 106 Å². The van der Waals surface area contributed by atoms with Crippen LogP contribution in [0.2, 0.25) is 0 Å². The molecular weight excluding hydrogens is 238 g/mol. The van der Waals surface area contributed by atoms with Crippen molar-refractivity contribution >= 4 is 10.2 Å². The van der Waals surface area contributed by atoms with Gasteiger partial charge in [-0.25, -0.2) is 0 Å². The van der Waals surface area contributed by atoms with Gasteiger partial charge in [0.25, 0.3) is 10.2 Å². The second kappa shape index (κ2) is 6.68. The van der Waals surface area contributed by atoms with Crippen LogP contribution in [-0.2, 0) is 10.2 Å². The average Bonchev–Trinajstić information content (AvgIpc) is 2.07. The van der Waals surface area contributed by atoms with Gasteiger partial charge in [-0.05, 0) is 33.7 Å². The molecule has 0 unspecified atom stereocenters. The van der Waals surface area contributed by atoms with Crippen molar-refractivity contribution in [2.75, 3.05) is 20.1 Å². The van der Waals surface area contributed by atoms with Crippen molar-refractivity contribution in [1.82, 2.24) is 14.3 Å². The van der Waals surface area contributed by atoms with E-state index >= 15 is 0 Å². The van der Waals surface area contributed by atoms with E-state index in [-0.39, 0.29) is 0 Å². The first-order valence-electron chi connectivity index (χ1n) is 6.03. The van der Waals surface area contributed by atoms with Crippen molar-refractivity contribution in [3.8, 4) is 0 Å². The molecule has 0 rings (SSSR count). The molecule has 0 aliphatic rings. The lowest BCUT2D eigenvalue weighted by molar-refractivity contribution is 0.413. The first-order chi connectivity index (χ1) is 7.54. The van der Waals surface area contributed by atoms with E-state index < -0.39 is 15.7 Å². The summed E-state index contributed by atoms with van der Waals surface area (Å²) in [7, 11) is -1.76. The highest BCUT2D eigenvalue weighted by atomic mass is 32.2. The van der Waals surface area contributed by atoms with Gasteiger partial charge in [0.1, 0.15) is 0 Å². The van der Waals surface area contributed by atoms with E-state index in [1.165, 1.54) is 4.31 Å². The minimum absolute atomic E-state index is 0.435. The van der Waals surface area contributed by atoms with Gasteiger partial charge in [-0.15, -0.1) is 0 Å². The standard InChI is InChI=1S/C11H27N3O2S/c1-10(2)12-8-7-9-14(6)17(15,16)13-11(3,4)5/h10,12-13H,7-9H2,1-6H3. The molecule has 0 spiro atoms. The molecule has 0 aliphatic carbocycles. The third kappa shape index (κ3) is 8.54. The van der Waals surface area contributed by atoms with E-state index in [2.05, 4.69) is 23.9 Å². The first-order valence-corrected chi connectivity index (χ1v) is 7.47. The Morgan fingerprint density at radius 1 is 1.24 bits per heavy atom. The number of hydrogen-bond donors (Lipinski definition) is 2. The molecule has 0 atom stereocenters. The van der Waals surface area contributed by atoms with E-state index in [0.717, 1.165) is 13.0 Å². The van der Waals surface area contributed by atoms with Crippen LogP contribution >= 0.6 is 0 Å². The van der Waals surface area contributed by atoms with Crippen molar-refractivity contribution in [2.45, 2.75) is 52.6 Å². The monoisotopic (exact) mass is 265 g/mol. The number of nitrogens with zero attached hydrogens (tertiary/aromatic N) is 1. The maximum absolute atomic E-state index is 11.9. The van der Waals surface area contributed by atoms with Crippen LogP contribution in [-0.4, -0.2) is 44.4 Å². The Kier molecular flexibility index (Phi) is 6.61. The third-order valence-corrected chi connectivity index (χ3v) is 3.92. The predicted octanol–water partition coefficient (Wildman–Crippen LogP) is 0.939. The first kappa shape index (κ1) is 16.8. The zero-order valence-corrected chi connectivity index (χ0v) is 12.7. The summed E-state index contributed by atoms with van der Waals surface area (Å²) < 4.78 is 27.7. The maximum atomic E-state index is 11.9. The average molecular weight is 265 g/mol.